The number of halogens is 1. The number of anilines is 1. The Morgan fingerprint density at radius 1 is 1.09 bits per heavy atom. The summed E-state index contributed by atoms with van der Waals surface area (Å²) < 4.78 is 31.4. The molecule has 0 unspecified atom stereocenters. The zero-order chi connectivity index (χ0) is 24.2. The number of benzene rings is 2. The van der Waals surface area contributed by atoms with Gasteiger partial charge in [0.1, 0.15) is 17.4 Å². The molecule has 4 aromatic rings. The largest absolute Gasteiger partial charge is 0.493 e. The van der Waals surface area contributed by atoms with E-state index in [0.29, 0.717) is 28.0 Å². The van der Waals surface area contributed by atoms with E-state index in [-0.39, 0.29) is 18.0 Å². The number of aromatic nitrogens is 4. The summed E-state index contributed by atoms with van der Waals surface area (Å²) in [6.45, 7) is -0.335. The monoisotopic (exact) mass is 485 g/mol. The van der Waals surface area contributed by atoms with Crippen LogP contribution in [0.2, 0.25) is 0 Å². The molecule has 34 heavy (non-hydrogen) atoms. The molecule has 0 radical (unpaired) electrons. The molecule has 0 saturated heterocycles. The molecule has 176 valence electrons. The number of nitrogens with zero attached hydrogens (tertiary/aromatic N) is 4. The molecule has 10 nitrogen and oxygen atoms in total. The van der Waals surface area contributed by atoms with Crippen LogP contribution < -0.4 is 25.2 Å². The van der Waals surface area contributed by atoms with E-state index in [1.54, 1.807) is 24.3 Å². The average molecular weight is 485 g/mol. The van der Waals surface area contributed by atoms with Gasteiger partial charge in [-0.2, -0.15) is 0 Å². The highest BCUT2D eigenvalue weighted by atomic mass is 32.2. The number of carbonyl (C=O) groups excluding carboxylic acids is 1. The SMILES string of the molecule is COc1cc(NC(=O)Cn2nc3c(Sc4ccc(F)cc4)nccn3c2=O)cc(OC)c1OC. The molecule has 0 aliphatic rings. The molecule has 2 aromatic carbocycles. The fourth-order valence-corrected chi connectivity index (χ4v) is 4.04. The third-order valence-electron chi connectivity index (χ3n) is 4.74. The van der Waals surface area contributed by atoms with Crippen molar-refractivity contribution in [2.75, 3.05) is 26.6 Å². The third-order valence-corrected chi connectivity index (χ3v) is 5.73. The Labute approximate surface area is 197 Å². The van der Waals surface area contributed by atoms with Crippen LogP contribution in [0.15, 0.2) is 63.5 Å². The summed E-state index contributed by atoms with van der Waals surface area (Å²) in [6.07, 6.45) is 2.93. The molecule has 0 bridgehead atoms. The van der Waals surface area contributed by atoms with Crippen molar-refractivity contribution in [3.05, 3.63) is 65.1 Å². The van der Waals surface area contributed by atoms with Crippen LogP contribution in [0.3, 0.4) is 0 Å². The van der Waals surface area contributed by atoms with Crippen LogP contribution in [0.25, 0.3) is 5.65 Å². The normalized spacial score (nSPS) is 10.8. The predicted molar refractivity (Wildman–Crippen MR) is 122 cm³/mol. The van der Waals surface area contributed by atoms with Crippen LogP contribution in [0.1, 0.15) is 0 Å². The van der Waals surface area contributed by atoms with Gasteiger partial charge in [-0.3, -0.25) is 4.79 Å². The van der Waals surface area contributed by atoms with E-state index in [1.165, 1.54) is 62.0 Å². The van der Waals surface area contributed by atoms with Gasteiger partial charge in [-0.15, -0.1) is 5.10 Å². The summed E-state index contributed by atoms with van der Waals surface area (Å²) >= 11 is 1.23. The first-order chi connectivity index (χ1) is 16.4. The topological polar surface area (TPSA) is 109 Å². The van der Waals surface area contributed by atoms with Crippen molar-refractivity contribution < 1.29 is 23.4 Å². The second kappa shape index (κ2) is 9.83. The summed E-state index contributed by atoms with van der Waals surface area (Å²) in [7, 11) is 4.41. The molecule has 0 atom stereocenters. The Kier molecular flexibility index (Phi) is 6.68. The first kappa shape index (κ1) is 23.1. The van der Waals surface area contributed by atoms with Gasteiger partial charge in [-0.05, 0) is 24.3 Å². The van der Waals surface area contributed by atoms with Gasteiger partial charge >= 0.3 is 5.69 Å². The van der Waals surface area contributed by atoms with Crippen LogP contribution >= 0.6 is 11.8 Å². The molecule has 0 saturated carbocycles. The van der Waals surface area contributed by atoms with Crippen LogP contribution in [0.5, 0.6) is 17.2 Å². The van der Waals surface area contributed by atoms with E-state index in [1.807, 2.05) is 0 Å². The van der Waals surface area contributed by atoms with Crippen molar-refractivity contribution in [3.8, 4) is 17.2 Å². The van der Waals surface area contributed by atoms with Crippen LogP contribution in [-0.4, -0.2) is 46.4 Å². The van der Waals surface area contributed by atoms with Gasteiger partial charge in [-0.25, -0.2) is 23.3 Å². The highest BCUT2D eigenvalue weighted by Gasteiger charge is 2.17. The maximum atomic E-state index is 13.2. The number of fused-ring (bicyclic) bond motifs is 1. The molecule has 0 spiro atoms. The van der Waals surface area contributed by atoms with E-state index in [4.69, 9.17) is 14.2 Å². The Bertz CT molecular complexity index is 1380. The molecule has 0 aliphatic carbocycles. The van der Waals surface area contributed by atoms with Crippen molar-refractivity contribution >= 4 is 29.0 Å². The van der Waals surface area contributed by atoms with Crippen LogP contribution in [0.4, 0.5) is 10.1 Å². The minimum atomic E-state index is -0.501. The Balaban J connectivity index is 1.58. The van der Waals surface area contributed by atoms with Crippen molar-refractivity contribution in [1.82, 2.24) is 19.2 Å². The summed E-state index contributed by atoms with van der Waals surface area (Å²) in [6, 6.07) is 9.03. The van der Waals surface area contributed by atoms with Gasteiger partial charge in [0.25, 0.3) is 0 Å². The zero-order valence-electron chi connectivity index (χ0n) is 18.4. The number of carbonyl (C=O) groups is 1. The first-order valence-corrected chi connectivity index (χ1v) is 10.7. The van der Waals surface area contributed by atoms with E-state index < -0.39 is 11.6 Å². The lowest BCUT2D eigenvalue weighted by atomic mass is 10.2. The summed E-state index contributed by atoms with van der Waals surface area (Å²) in [5.41, 5.74) is 0.173. The summed E-state index contributed by atoms with van der Waals surface area (Å²) in [4.78, 5) is 30.5. The highest BCUT2D eigenvalue weighted by Crippen LogP contribution is 2.39. The highest BCUT2D eigenvalue weighted by molar-refractivity contribution is 7.99. The molecule has 2 heterocycles. The molecule has 12 heteroatoms. The molecular weight excluding hydrogens is 465 g/mol. The standard InChI is InChI=1S/C22H20FN5O5S/c1-31-16-10-14(11-17(32-2)19(16)33-3)25-18(29)12-28-22(30)27-9-8-24-21(20(27)26-28)34-15-6-4-13(23)5-7-15/h4-11H,12H2,1-3H3,(H,25,29). The van der Waals surface area contributed by atoms with Gasteiger partial charge in [0.2, 0.25) is 11.7 Å². The van der Waals surface area contributed by atoms with E-state index in [9.17, 15) is 14.0 Å². The molecule has 0 fully saturated rings. The fraction of sp³-hybridized carbons (Fsp3) is 0.182. The van der Waals surface area contributed by atoms with E-state index in [0.717, 1.165) is 9.58 Å². The fourth-order valence-electron chi connectivity index (χ4n) is 3.20. The Hall–Kier alpha value is -4.06. The first-order valence-electron chi connectivity index (χ1n) is 9.91. The second-order valence-corrected chi connectivity index (χ2v) is 7.95. The number of rotatable bonds is 8. The number of methoxy groups -OCH3 is 3. The molecule has 4 rings (SSSR count). The van der Waals surface area contributed by atoms with E-state index >= 15 is 0 Å². The number of ether oxygens (including phenoxy) is 3. The lowest BCUT2D eigenvalue weighted by molar-refractivity contribution is -0.117. The maximum absolute atomic E-state index is 13.2. The molecule has 1 amide bonds. The van der Waals surface area contributed by atoms with Crippen LogP contribution in [0, 0.1) is 5.82 Å². The third kappa shape index (κ3) is 4.66. The van der Waals surface area contributed by atoms with Gasteiger partial charge in [-0.1, -0.05) is 11.8 Å². The lowest BCUT2D eigenvalue weighted by Crippen LogP contribution is -2.28. The number of hydrogen-bond donors (Lipinski definition) is 1. The van der Waals surface area contributed by atoms with Gasteiger partial charge < -0.3 is 19.5 Å². The molecule has 2 aromatic heterocycles. The van der Waals surface area contributed by atoms with Crippen LogP contribution in [-0.2, 0) is 11.3 Å². The zero-order valence-corrected chi connectivity index (χ0v) is 19.3. The van der Waals surface area contributed by atoms with Crippen molar-refractivity contribution in [2.45, 2.75) is 16.5 Å². The molecule has 0 aliphatic heterocycles. The quantitative estimate of drug-likeness (QED) is 0.406. The Morgan fingerprint density at radius 2 is 1.76 bits per heavy atom. The minimum Gasteiger partial charge on any atom is -0.493 e. The summed E-state index contributed by atoms with van der Waals surface area (Å²) in [5.74, 6) is 0.291. The average Bonchev–Trinajstić information content (AvgIpc) is 3.15. The van der Waals surface area contributed by atoms with E-state index in [2.05, 4.69) is 15.4 Å². The lowest BCUT2D eigenvalue weighted by Gasteiger charge is -2.14. The second-order valence-electron chi connectivity index (χ2n) is 6.88. The van der Waals surface area contributed by atoms with Crippen molar-refractivity contribution in [3.63, 3.8) is 0 Å². The van der Waals surface area contributed by atoms with Gasteiger partial charge in [0.05, 0.1) is 21.3 Å². The number of nitrogens with one attached hydrogen (secondary N) is 1. The van der Waals surface area contributed by atoms with Gasteiger partial charge in [0.15, 0.2) is 17.1 Å². The predicted octanol–water partition coefficient (Wildman–Crippen LogP) is 2.85. The molecular formula is C22H20FN5O5S. The summed E-state index contributed by atoms with van der Waals surface area (Å²) in [5, 5.41) is 7.42. The smallest absolute Gasteiger partial charge is 0.350 e. The van der Waals surface area contributed by atoms with Gasteiger partial charge in [0, 0.05) is 35.1 Å². The number of amides is 1. The molecule has 1 N–H and O–H groups in total. The van der Waals surface area contributed by atoms with Crippen molar-refractivity contribution in [1.29, 1.82) is 0 Å². The maximum Gasteiger partial charge on any atom is 0.350 e. The van der Waals surface area contributed by atoms with Crippen molar-refractivity contribution in [2.24, 2.45) is 0 Å². The number of hydrogen-bond acceptors (Lipinski definition) is 8. The Morgan fingerprint density at radius 3 is 2.38 bits per heavy atom. The minimum absolute atomic E-state index is 0.280.